The zero-order chi connectivity index (χ0) is 14.2. The predicted molar refractivity (Wildman–Crippen MR) is 87.5 cm³/mol. The third kappa shape index (κ3) is 15.9. The molecule has 0 saturated heterocycles. The zero-order valence-electron chi connectivity index (χ0n) is 13.6. The molecule has 2 nitrogen and oxygen atoms in total. The van der Waals surface area contributed by atoms with Crippen LogP contribution in [0.25, 0.3) is 0 Å². The maximum atomic E-state index is 5.48. The van der Waals surface area contributed by atoms with E-state index in [2.05, 4.69) is 19.2 Å². The number of hydrogen-bond donors (Lipinski definition) is 2. The van der Waals surface area contributed by atoms with E-state index in [1.165, 1.54) is 83.7 Å². The summed E-state index contributed by atoms with van der Waals surface area (Å²) >= 11 is 0. The molecule has 116 valence electrons. The molecule has 1 unspecified atom stereocenters. The van der Waals surface area contributed by atoms with Gasteiger partial charge in [-0.3, -0.25) is 0 Å². The number of unbranched alkanes of at least 4 members (excludes halogenated alkanes) is 8. The van der Waals surface area contributed by atoms with E-state index in [4.69, 9.17) is 5.73 Å². The Kier molecular flexibility index (Phi) is 15.9. The van der Waals surface area contributed by atoms with Gasteiger partial charge < -0.3 is 11.1 Å². The Morgan fingerprint density at radius 1 is 0.842 bits per heavy atom. The lowest BCUT2D eigenvalue weighted by Gasteiger charge is -2.11. The summed E-state index contributed by atoms with van der Waals surface area (Å²) in [7, 11) is 0. The summed E-state index contributed by atoms with van der Waals surface area (Å²) < 4.78 is 0. The van der Waals surface area contributed by atoms with Gasteiger partial charge in [-0.25, -0.2) is 0 Å². The Morgan fingerprint density at radius 2 is 1.37 bits per heavy atom. The van der Waals surface area contributed by atoms with Crippen LogP contribution in [0.2, 0.25) is 0 Å². The fourth-order valence-corrected chi connectivity index (χ4v) is 2.58. The van der Waals surface area contributed by atoms with Gasteiger partial charge in [0, 0.05) is 0 Å². The second kappa shape index (κ2) is 16.0. The average Bonchev–Trinajstić information content (AvgIpc) is 2.40. The highest BCUT2D eigenvalue weighted by Gasteiger charge is 1.99. The highest BCUT2D eigenvalue weighted by molar-refractivity contribution is 4.56. The third-order valence-corrected chi connectivity index (χ3v) is 3.83. The Labute approximate surface area is 121 Å². The van der Waals surface area contributed by atoms with Crippen LogP contribution in [0.4, 0.5) is 0 Å². The first-order valence-electron chi connectivity index (χ1n) is 8.72. The van der Waals surface area contributed by atoms with E-state index < -0.39 is 0 Å². The van der Waals surface area contributed by atoms with Crippen LogP contribution in [0, 0.1) is 5.92 Å². The maximum absolute atomic E-state index is 5.48. The van der Waals surface area contributed by atoms with Crippen molar-refractivity contribution in [3.63, 3.8) is 0 Å². The first-order chi connectivity index (χ1) is 9.31. The first-order valence-corrected chi connectivity index (χ1v) is 8.72. The van der Waals surface area contributed by atoms with Gasteiger partial charge in [-0.2, -0.15) is 0 Å². The Balaban J connectivity index is 2.99. The van der Waals surface area contributed by atoms with Crippen molar-refractivity contribution in [2.75, 3.05) is 19.6 Å². The number of nitrogens with two attached hydrogens (primary N) is 1. The molecule has 0 amide bonds. The summed E-state index contributed by atoms with van der Waals surface area (Å²) in [4.78, 5) is 0. The number of hydrogen-bond acceptors (Lipinski definition) is 2. The lowest BCUT2D eigenvalue weighted by atomic mass is 10.1. The lowest BCUT2D eigenvalue weighted by Crippen LogP contribution is -2.22. The van der Waals surface area contributed by atoms with E-state index in [0.717, 1.165) is 12.5 Å². The average molecular weight is 271 g/mol. The Hall–Kier alpha value is -0.0800. The normalized spacial score (nSPS) is 12.8. The molecule has 0 aromatic carbocycles. The van der Waals surface area contributed by atoms with Crippen LogP contribution in [0.15, 0.2) is 0 Å². The minimum Gasteiger partial charge on any atom is -0.330 e. The molecule has 0 aliphatic heterocycles. The van der Waals surface area contributed by atoms with Crippen molar-refractivity contribution in [2.24, 2.45) is 11.7 Å². The topological polar surface area (TPSA) is 38.0 Å². The smallest absolute Gasteiger partial charge is 0.00232 e. The number of rotatable bonds is 15. The van der Waals surface area contributed by atoms with Crippen LogP contribution in [-0.4, -0.2) is 19.6 Å². The van der Waals surface area contributed by atoms with Crippen molar-refractivity contribution in [1.82, 2.24) is 5.32 Å². The molecular formula is C17H38N2. The molecule has 0 fully saturated rings. The van der Waals surface area contributed by atoms with Crippen LogP contribution in [-0.2, 0) is 0 Å². The summed E-state index contributed by atoms with van der Waals surface area (Å²) in [6.07, 6.45) is 15.0. The fourth-order valence-electron chi connectivity index (χ4n) is 2.58. The second-order valence-electron chi connectivity index (χ2n) is 6.07. The van der Waals surface area contributed by atoms with E-state index in [0.29, 0.717) is 0 Å². The highest BCUT2D eigenvalue weighted by atomic mass is 14.8. The first kappa shape index (κ1) is 18.9. The van der Waals surface area contributed by atoms with E-state index in [1.807, 2.05) is 0 Å². The van der Waals surface area contributed by atoms with Crippen molar-refractivity contribution >= 4 is 0 Å². The molecule has 0 rings (SSSR count). The molecule has 0 bridgehead atoms. The van der Waals surface area contributed by atoms with Crippen molar-refractivity contribution in [1.29, 1.82) is 0 Å². The van der Waals surface area contributed by atoms with Gasteiger partial charge in [0.2, 0.25) is 0 Å². The minimum absolute atomic E-state index is 0.846. The summed E-state index contributed by atoms with van der Waals surface area (Å²) in [5.74, 6) is 0.846. The van der Waals surface area contributed by atoms with Crippen molar-refractivity contribution in [2.45, 2.75) is 84.5 Å². The minimum atomic E-state index is 0.846. The molecule has 0 saturated carbocycles. The van der Waals surface area contributed by atoms with E-state index in [-0.39, 0.29) is 0 Å². The Bertz CT molecular complexity index is 159. The summed E-state index contributed by atoms with van der Waals surface area (Å²) in [5.41, 5.74) is 5.48. The molecule has 0 aromatic heterocycles. The molecule has 0 aromatic rings. The van der Waals surface area contributed by atoms with Gasteiger partial charge in [-0.1, -0.05) is 65.2 Å². The standard InChI is InChI=1S/C17H38N2/c1-3-13-17(2)16-19-15-12-10-8-6-4-5-7-9-11-14-18/h17,19H,3-16,18H2,1-2H3. The third-order valence-electron chi connectivity index (χ3n) is 3.83. The van der Waals surface area contributed by atoms with Gasteiger partial charge in [0.1, 0.15) is 0 Å². The molecule has 3 N–H and O–H groups in total. The van der Waals surface area contributed by atoms with E-state index in [9.17, 15) is 0 Å². The van der Waals surface area contributed by atoms with Crippen LogP contribution in [0.1, 0.15) is 84.5 Å². The molecule has 0 aliphatic carbocycles. The Morgan fingerprint density at radius 3 is 1.89 bits per heavy atom. The van der Waals surface area contributed by atoms with Gasteiger partial charge in [0.15, 0.2) is 0 Å². The maximum Gasteiger partial charge on any atom is -0.00232 e. The van der Waals surface area contributed by atoms with Crippen molar-refractivity contribution < 1.29 is 0 Å². The van der Waals surface area contributed by atoms with Gasteiger partial charge in [0.25, 0.3) is 0 Å². The predicted octanol–water partition coefficient (Wildman–Crippen LogP) is 4.48. The summed E-state index contributed by atoms with van der Waals surface area (Å²) in [6, 6.07) is 0. The van der Waals surface area contributed by atoms with Gasteiger partial charge >= 0.3 is 0 Å². The van der Waals surface area contributed by atoms with Crippen LogP contribution in [0.5, 0.6) is 0 Å². The van der Waals surface area contributed by atoms with Crippen LogP contribution >= 0.6 is 0 Å². The monoisotopic (exact) mass is 270 g/mol. The second-order valence-corrected chi connectivity index (χ2v) is 6.07. The molecule has 0 aliphatic rings. The van der Waals surface area contributed by atoms with Crippen LogP contribution < -0.4 is 11.1 Å². The zero-order valence-corrected chi connectivity index (χ0v) is 13.6. The van der Waals surface area contributed by atoms with Gasteiger partial charge in [0.05, 0.1) is 0 Å². The molecule has 0 heterocycles. The molecule has 0 radical (unpaired) electrons. The molecule has 0 spiro atoms. The SMILES string of the molecule is CCCC(C)CNCCCCCCCCCCCN. The summed E-state index contributed by atoms with van der Waals surface area (Å²) in [5, 5.41) is 3.58. The van der Waals surface area contributed by atoms with Crippen molar-refractivity contribution in [3.8, 4) is 0 Å². The van der Waals surface area contributed by atoms with Crippen LogP contribution in [0.3, 0.4) is 0 Å². The van der Waals surface area contributed by atoms with Gasteiger partial charge in [-0.05, 0) is 44.8 Å². The molecule has 19 heavy (non-hydrogen) atoms. The van der Waals surface area contributed by atoms with E-state index in [1.54, 1.807) is 0 Å². The van der Waals surface area contributed by atoms with Crippen molar-refractivity contribution in [3.05, 3.63) is 0 Å². The highest BCUT2D eigenvalue weighted by Crippen LogP contribution is 2.09. The van der Waals surface area contributed by atoms with E-state index >= 15 is 0 Å². The molecule has 1 atom stereocenters. The quantitative estimate of drug-likeness (QED) is 0.431. The molecule has 2 heteroatoms. The fraction of sp³-hybridized carbons (Fsp3) is 1.00. The molecular weight excluding hydrogens is 232 g/mol. The van der Waals surface area contributed by atoms with Gasteiger partial charge in [-0.15, -0.1) is 0 Å². The lowest BCUT2D eigenvalue weighted by molar-refractivity contribution is 0.466. The summed E-state index contributed by atoms with van der Waals surface area (Å²) in [6.45, 7) is 7.90. The number of nitrogens with one attached hydrogen (secondary N) is 1. The largest absolute Gasteiger partial charge is 0.330 e.